The van der Waals surface area contributed by atoms with Crippen molar-refractivity contribution in [1.82, 2.24) is 29.5 Å². The van der Waals surface area contributed by atoms with E-state index in [1.807, 2.05) is 109 Å². The van der Waals surface area contributed by atoms with Crippen LogP contribution in [0.2, 0.25) is 0 Å². The van der Waals surface area contributed by atoms with Gasteiger partial charge in [0.05, 0.1) is 16.6 Å². The van der Waals surface area contributed by atoms with Crippen LogP contribution < -0.4 is 0 Å². The van der Waals surface area contributed by atoms with Crippen LogP contribution in [0.1, 0.15) is 0 Å². The molecule has 0 N–H and O–H groups in total. The van der Waals surface area contributed by atoms with Crippen LogP contribution in [0.4, 0.5) is 0 Å². The normalized spacial score (nSPS) is 11.8. The molecule has 0 unspecified atom stereocenters. The van der Waals surface area contributed by atoms with Crippen LogP contribution in [0.15, 0.2) is 203 Å². The minimum absolute atomic E-state index is 0.514. The third-order valence-electron chi connectivity index (χ3n) is 11.9. The van der Waals surface area contributed by atoms with Crippen LogP contribution in [-0.4, -0.2) is 29.5 Å². The molecule has 0 aliphatic rings. The minimum Gasteiger partial charge on any atom is -0.455 e. The lowest BCUT2D eigenvalue weighted by Crippen LogP contribution is -2.00. The van der Waals surface area contributed by atoms with Crippen LogP contribution >= 0.6 is 0 Å². The highest BCUT2D eigenvalue weighted by molar-refractivity contribution is 6.16. The van der Waals surface area contributed by atoms with Gasteiger partial charge in [0, 0.05) is 54.9 Å². The summed E-state index contributed by atoms with van der Waals surface area (Å²) in [4.78, 5) is 25.9. The highest BCUT2D eigenvalue weighted by Crippen LogP contribution is 2.41. The summed E-state index contributed by atoms with van der Waals surface area (Å²) >= 11 is 0. The maximum Gasteiger partial charge on any atom is 0.180 e. The fourth-order valence-corrected chi connectivity index (χ4v) is 9.02. The molecule has 0 atom stereocenters. The summed E-state index contributed by atoms with van der Waals surface area (Å²) in [6.45, 7) is 0. The molecule has 0 fully saturated rings. The zero-order valence-corrected chi connectivity index (χ0v) is 33.5. The molecule has 5 heterocycles. The van der Waals surface area contributed by atoms with Gasteiger partial charge in [0.15, 0.2) is 28.9 Å². The second-order valence-electron chi connectivity index (χ2n) is 15.6. The summed E-state index contributed by atoms with van der Waals surface area (Å²) in [5.74, 6) is 2.24. The Kier molecular flexibility index (Phi) is 7.74. The van der Waals surface area contributed by atoms with E-state index < -0.39 is 0 Å². The van der Waals surface area contributed by atoms with Crippen molar-refractivity contribution in [2.75, 3.05) is 0 Å². The molecule has 0 amide bonds. The lowest BCUT2D eigenvalue weighted by atomic mass is 10.0. The van der Waals surface area contributed by atoms with Gasteiger partial charge >= 0.3 is 0 Å². The summed E-state index contributed by atoms with van der Waals surface area (Å²) in [5, 5.41) is 5.04. The SMILES string of the molecule is c1ccc(-c2nc(-c3cccc4c3oc3cc(-c5nc(-c6ccccc6)c6oc7ccccc7c6n5)ccc34)nc(-c3cccc4c3c3ccccc3n4-c3ccccc3)n2)cc1. The average Bonchev–Trinajstić information content (AvgIpc) is 4.04. The Morgan fingerprint density at radius 3 is 1.78 bits per heavy atom. The van der Waals surface area contributed by atoms with Gasteiger partial charge in [-0.1, -0.05) is 140 Å². The Morgan fingerprint density at radius 1 is 0.349 bits per heavy atom. The summed E-state index contributed by atoms with van der Waals surface area (Å²) in [6, 6.07) is 65.8. The van der Waals surface area contributed by atoms with E-state index in [1.165, 1.54) is 0 Å². The van der Waals surface area contributed by atoms with Gasteiger partial charge in [0.2, 0.25) is 0 Å². The number of para-hydroxylation sites is 4. The first-order valence-electron chi connectivity index (χ1n) is 20.8. The number of rotatable bonds is 6. The van der Waals surface area contributed by atoms with Crippen molar-refractivity contribution in [3.63, 3.8) is 0 Å². The number of furan rings is 2. The predicted molar refractivity (Wildman–Crippen MR) is 251 cm³/mol. The number of benzene rings is 8. The van der Waals surface area contributed by atoms with Gasteiger partial charge in [-0.15, -0.1) is 0 Å². The molecule has 8 heteroatoms. The fourth-order valence-electron chi connectivity index (χ4n) is 9.02. The largest absolute Gasteiger partial charge is 0.455 e. The molecule has 0 saturated carbocycles. The van der Waals surface area contributed by atoms with Crippen molar-refractivity contribution >= 4 is 65.8 Å². The van der Waals surface area contributed by atoms with Crippen molar-refractivity contribution in [2.45, 2.75) is 0 Å². The summed E-state index contributed by atoms with van der Waals surface area (Å²) in [6.07, 6.45) is 0. The number of nitrogens with zero attached hydrogens (tertiary/aromatic N) is 6. The van der Waals surface area contributed by atoms with Gasteiger partial charge in [-0.2, -0.15) is 0 Å². The van der Waals surface area contributed by atoms with Crippen LogP contribution in [0, 0.1) is 0 Å². The van der Waals surface area contributed by atoms with Crippen molar-refractivity contribution < 1.29 is 8.83 Å². The molecule has 5 aromatic heterocycles. The molecule has 13 aromatic rings. The molecule has 0 saturated heterocycles. The van der Waals surface area contributed by atoms with E-state index >= 15 is 0 Å². The Balaban J connectivity index is 1.00. The average molecular weight is 809 g/mol. The maximum absolute atomic E-state index is 6.85. The van der Waals surface area contributed by atoms with Crippen molar-refractivity contribution in [3.8, 4) is 62.5 Å². The van der Waals surface area contributed by atoms with Gasteiger partial charge in [0.25, 0.3) is 0 Å². The molecule has 8 nitrogen and oxygen atoms in total. The second kappa shape index (κ2) is 13.9. The maximum atomic E-state index is 6.85. The topological polar surface area (TPSA) is 95.7 Å². The minimum atomic E-state index is 0.514. The summed E-state index contributed by atoms with van der Waals surface area (Å²) in [7, 11) is 0. The van der Waals surface area contributed by atoms with Crippen LogP contribution in [0.3, 0.4) is 0 Å². The molecular weight excluding hydrogens is 777 g/mol. The number of hydrogen-bond acceptors (Lipinski definition) is 7. The Hall–Kier alpha value is -8.75. The molecule has 8 aromatic carbocycles. The number of hydrogen-bond donors (Lipinski definition) is 0. The first-order chi connectivity index (χ1) is 31.2. The van der Waals surface area contributed by atoms with Crippen molar-refractivity contribution in [2.24, 2.45) is 0 Å². The van der Waals surface area contributed by atoms with Crippen molar-refractivity contribution in [3.05, 3.63) is 194 Å². The Morgan fingerprint density at radius 2 is 0.952 bits per heavy atom. The van der Waals surface area contributed by atoms with E-state index in [4.69, 9.17) is 33.8 Å². The van der Waals surface area contributed by atoms with Gasteiger partial charge in [-0.3, -0.25) is 0 Å². The first-order valence-corrected chi connectivity index (χ1v) is 20.8. The quantitative estimate of drug-likeness (QED) is 0.165. The zero-order chi connectivity index (χ0) is 41.4. The molecular formula is C55H32N6O2. The van der Waals surface area contributed by atoms with E-state index in [2.05, 4.69) is 89.5 Å². The third kappa shape index (κ3) is 5.58. The molecule has 0 aliphatic heterocycles. The van der Waals surface area contributed by atoms with E-state index in [-0.39, 0.29) is 0 Å². The van der Waals surface area contributed by atoms with Crippen molar-refractivity contribution in [1.29, 1.82) is 0 Å². The van der Waals surface area contributed by atoms with Gasteiger partial charge in [-0.05, 0) is 54.6 Å². The molecule has 0 bridgehead atoms. The Labute approximate surface area is 359 Å². The number of fused-ring (bicyclic) bond motifs is 9. The number of aromatic nitrogens is 6. The summed E-state index contributed by atoms with van der Waals surface area (Å²) in [5.41, 5.74) is 11.9. The molecule has 0 radical (unpaired) electrons. The lowest BCUT2D eigenvalue weighted by molar-refractivity contribution is 0.667. The first kappa shape index (κ1) is 35.0. The molecule has 13 rings (SSSR count). The zero-order valence-electron chi connectivity index (χ0n) is 33.5. The highest BCUT2D eigenvalue weighted by atomic mass is 16.3. The third-order valence-corrected chi connectivity index (χ3v) is 11.9. The monoisotopic (exact) mass is 808 g/mol. The van der Waals surface area contributed by atoms with Gasteiger partial charge in [-0.25, -0.2) is 24.9 Å². The molecule has 0 spiro atoms. The fraction of sp³-hybridized carbons (Fsp3) is 0. The predicted octanol–water partition coefficient (Wildman–Crippen LogP) is 13.9. The van der Waals surface area contributed by atoms with E-state index in [0.29, 0.717) is 40.0 Å². The van der Waals surface area contributed by atoms with Crippen LogP contribution in [0.25, 0.3) is 128 Å². The Bertz CT molecular complexity index is 3910. The van der Waals surface area contributed by atoms with E-state index in [0.717, 1.165) is 88.3 Å². The molecule has 63 heavy (non-hydrogen) atoms. The van der Waals surface area contributed by atoms with E-state index in [1.54, 1.807) is 0 Å². The highest BCUT2D eigenvalue weighted by Gasteiger charge is 2.23. The second-order valence-corrected chi connectivity index (χ2v) is 15.6. The smallest absolute Gasteiger partial charge is 0.180 e. The van der Waals surface area contributed by atoms with Gasteiger partial charge in [0.1, 0.15) is 28.0 Å². The van der Waals surface area contributed by atoms with E-state index in [9.17, 15) is 0 Å². The summed E-state index contributed by atoms with van der Waals surface area (Å²) < 4.78 is 15.5. The molecule has 294 valence electrons. The lowest BCUT2D eigenvalue weighted by Gasteiger charge is -2.10. The van der Waals surface area contributed by atoms with Crippen LogP contribution in [-0.2, 0) is 0 Å². The molecule has 0 aliphatic carbocycles. The van der Waals surface area contributed by atoms with Gasteiger partial charge < -0.3 is 13.4 Å². The standard InChI is InChI=1S/C55H32N6O2/c1-4-16-33(17-5-1)48-51-49(40-23-11-13-29-45(40)62-51)57-53(56-48)35-30-31-37-38-24-14-26-42(50(38)63-46(37)32-35)55-59-52(34-18-6-2-7-19-34)58-54(60-55)41-25-15-28-44-47(41)39-22-10-12-27-43(39)61(44)36-20-8-3-9-21-36/h1-32H. The van der Waals surface area contributed by atoms with Crippen LogP contribution in [0.5, 0.6) is 0 Å².